The third kappa shape index (κ3) is 2.70. The van der Waals surface area contributed by atoms with Crippen molar-refractivity contribution in [2.45, 2.75) is 6.04 Å². The molecule has 2 aromatic rings. The minimum absolute atomic E-state index is 0.0244. The van der Waals surface area contributed by atoms with Gasteiger partial charge in [-0.3, -0.25) is 0 Å². The molecule has 90 valence electrons. The first-order valence-corrected chi connectivity index (χ1v) is 6.10. The lowest BCUT2D eigenvalue weighted by Crippen LogP contribution is -2.16. The van der Waals surface area contributed by atoms with E-state index < -0.39 is 0 Å². The van der Waals surface area contributed by atoms with Gasteiger partial charge in [0.2, 0.25) is 0 Å². The Morgan fingerprint density at radius 2 is 2.12 bits per heavy atom. The molecule has 4 heteroatoms. The van der Waals surface area contributed by atoms with E-state index in [0.29, 0.717) is 0 Å². The van der Waals surface area contributed by atoms with Gasteiger partial charge in [-0.25, -0.2) is 0 Å². The Morgan fingerprint density at radius 3 is 2.71 bits per heavy atom. The Morgan fingerprint density at radius 1 is 1.29 bits per heavy atom. The fourth-order valence-electron chi connectivity index (χ4n) is 1.78. The van der Waals surface area contributed by atoms with Crippen LogP contribution in [-0.2, 0) is 0 Å². The van der Waals surface area contributed by atoms with Gasteiger partial charge in [0, 0.05) is 0 Å². The minimum atomic E-state index is 0.0244. The smallest absolute Gasteiger partial charge is 0.169 e. The zero-order chi connectivity index (χ0) is 12.3. The molecule has 0 spiro atoms. The Bertz CT molecular complexity index is 496. The molecule has 1 unspecified atom stereocenters. The number of furan rings is 1. The van der Waals surface area contributed by atoms with Gasteiger partial charge in [-0.1, -0.05) is 12.1 Å². The third-order valence-corrected chi connectivity index (χ3v) is 3.02. The monoisotopic (exact) mass is 295 g/mol. The van der Waals surface area contributed by atoms with Crippen LogP contribution >= 0.6 is 15.9 Å². The van der Waals surface area contributed by atoms with Crippen molar-refractivity contribution >= 4 is 15.9 Å². The van der Waals surface area contributed by atoms with Crippen molar-refractivity contribution in [3.63, 3.8) is 0 Å². The van der Waals surface area contributed by atoms with Crippen LogP contribution in [0.3, 0.4) is 0 Å². The lowest BCUT2D eigenvalue weighted by atomic mass is 10.0. The first-order valence-electron chi connectivity index (χ1n) is 5.31. The molecular weight excluding hydrogens is 282 g/mol. The van der Waals surface area contributed by atoms with Crippen molar-refractivity contribution in [2.75, 3.05) is 14.2 Å². The molecule has 0 bridgehead atoms. The number of rotatable bonds is 4. The Kier molecular flexibility index (Phi) is 3.86. The molecule has 1 N–H and O–H groups in total. The van der Waals surface area contributed by atoms with Crippen molar-refractivity contribution < 1.29 is 9.15 Å². The van der Waals surface area contributed by atoms with Gasteiger partial charge in [0.25, 0.3) is 0 Å². The molecule has 0 saturated carbocycles. The Labute approximate surface area is 109 Å². The van der Waals surface area contributed by atoms with Gasteiger partial charge in [-0.2, -0.15) is 0 Å². The summed E-state index contributed by atoms with van der Waals surface area (Å²) in [7, 11) is 3.57. The predicted molar refractivity (Wildman–Crippen MR) is 70.3 cm³/mol. The van der Waals surface area contributed by atoms with Crippen molar-refractivity contribution in [1.29, 1.82) is 0 Å². The minimum Gasteiger partial charge on any atom is -0.497 e. The standard InChI is InChI=1S/C13H14BrNO2/c1-15-13(11-6-7-12(14)17-11)9-4-3-5-10(8-9)16-2/h3-8,13,15H,1-2H3. The van der Waals surface area contributed by atoms with E-state index in [0.717, 1.165) is 21.7 Å². The van der Waals surface area contributed by atoms with Crippen LogP contribution in [0.1, 0.15) is 17.4 Å². The average Bonchev–Trinajstić information content (AvgIpc) is 2.77. The van der Waals surface area contributed by atoms with Crippen LogP contribution in [0.4, 0.5) is 0 Å². The number of hydrogen-bond donors (Lipinski definition) is 1. The van der Waals surface area contributed by atoms with Gasteiger partial charge in [-0.05, 0) is 52.8 Å². The number of halogens is 1. The van der Waals surface area contributed by atoms with E-state index in [4.69, 9.17) is 9.15 Å². The second-order valence-corrected chi connectivity index (χ2v) is 4.42. The fraction of sp³-hybridized carbons (Fsp3) is 0.231. The molecule has 1 aromatic carbocycles. The van der Waals surface area contributed by atoms with Crippen LogP contribution < -0.4 is 10.1 Å². The first-order chi connectivity index (χ1) is 8.24. The van der Waals surface area contributed by atoms with Gasteiger partial charge in [-0.15, -0.1) is 0 Å². The molecule has 17 heavy (non-hydrogen) atoms. The maximum absolute atomic E-state index is 5.58. The lowest BCUT2D eigenvalue weighted by Gasteiger charge is -2.14. The summed E-state index contributed by atoms with van der Waals surface area (Å²) in [4.78, 5) is 0. The number of methoxy groups -OCH3 is 1. The highest BCUT2D eigenvalue weighted by molar-refractivity contribution is 9.10. The molecule has 0 radical (unpaired) electrons. The quantitative estimate of drug-likeness (QED) is 0.939. The molecule has 0 aliphatic heterocycles. The van der Waals surface area contributed by atoms with Crippen molar-refractivity contribution in [3.05, 3.63) is 52.4 Å². The number of hydrogen-bond acceptors (Lipinski definition) is 3. The van der Waals surface area contributed by atoms with Crippen molar-refractivity contribution in [3.8, 4) is 5.75 Å². The molecular formula is C13H14BrNO2. The van der Waals surface area contributed by atoms with Gasteiger partial charge < -0.3 is 14.5 Å². The Balaban J connectivity index is 2.34. The van der Waals surface area contributed by atoms with E-state index >= 15 is 0 Å². The maximum Gasteiger partial charge on any atom is 0.169 e. The van der Waals surface area contributed by atoms with E-state index in [9.17, 15) is 0 Å². The summed E-state index contributed by atoms with van der Waals surface area (Å²) in [6, 6.07) is 11.8. The lowest BCUT2D eigenvalue weighted by molar-refractivity contribution is 0.412. The van der Waals surface area contributed by atoms with Gasteiger partial charge >= 0.3 is 0 Å². The largest absolute Gasteiger partial charge is 0.497 e. The van der Waals surface area contributed by atoms with Gasteiger partial charge in [0.05, 0.1) is 13.2 Å². The zero-order valence-electron chi connectivity index (χ0n) is 9.74. The van der Waals surface area contributed by atoms with Crippen LogP contribution in [0.15, 0.2) is 45.5 Å². The van der Waals surface area contributed by atoms with Gasteiger partial charge in [0.1, 0.15) is 11.5 Å². The normalized spacial score (nSPS) is 12.4. The summed E-state index contributed by atoms with van der Waals surface area (Å²) in [5, 5.41) is 3.23. The predicted octanol–water partition coefficient (Wildman–Crippen LogP) is 3.36. The van der Waals surface area contributed by atoms with Gasteiger partial charge in [0.15, 0.2) is 4.67 Å². The number of benzene rings is 1. The summed E-state index contributed by atoms with van der Waals surface area (Å²) in [6.45, 7) is 0. The average molecular weight is 296 g/mol. The highest BCUT2D eigenvalue weighted by atomic mass is 79.9. The molecule has 1 heterocycles. The van der Waals surface area contributed by atoms with Crippen LogP contribution in [-0.4, -0.2) is 14.2 Å². The molecule has 3 nitrogen and oxygen atoms in total. The first kappa shape index (κ1) is 12.2. The molecule has 1 aromatic heterocycles. The second-order valence-electron chi connectivity index (χ2n) is 3.64. The van der Waals surface area contributed by atoms with Crippen LogP contribution in [0.2, 0.25) is 0 Å². The van der Waals surface area contributed by atoms with E-state index in [-0.39, 0.29) is 6.04 Å². The summed E-state index contributed by atoms with van der Waals surface area (Å²) < 4.78 is 11.5. The van der Waals surface area contributed by atoms with Crippen molar-refractivity contribution in [1.82, 2.24) is 5.32 Å². The van der Waals surface area contributed by atoms with Crippen molar-refractivity contribution in [2.24, 2.45) is 0 Å². The van der Waals surface area contributed by atoms with E-state index in [1.807, 2.05) is 43.4 Å². The summed E-state index contributed by atoms with van der Waals surface area (Å²) in [5.41, 5.74) is 1.11. The summed E-state index contributed by atoms with van der Waals surface area (Å²) in [6.07, 6.45) is 0. The molecule has 2 rings (SSSR count). The number of nitrogens with one attached hydrogen (secondary N) is 1. The van der Waals surface area contributed by atoms with E-state index in [1.54, 1.807) is 7.11 Å². The molecule has 0 aliphatic rings. The molecule has 0 saturated heterocycles. The third-order valence-electron chi connectivity index (χ3n) is 2.59. The molecule has 0 fully saturated rings. The Hall–Kier alpha value is -1.26. The van der Waals surface area contributed by atoms with E-state index in [2.05, 4.69) is 21.2 Å². The van der Waals surface area contributed by atoms with Crippen LogP contribution in [0, 0.1) is 0 Å². The second kappa shape index (κ2) is 5.38. The SMILES string of the molecule is CNC(c1cccc(OC)c1)c1ccc(Br)o1. The highest BCUT2D eigenvalue weighted by Crippen LogP contribution is 2.27. The molecule has 0 amide bonds. The summed E-state index contributed by atoms with van der Waals surface area (Å²) >= 11 is 3.31. The number of ether oxygens (including phenoxy) is 1. The molecule has 1 atom stereocenters. The summed E-state index contributed by atoms with van der Waals surface area (Å²) in [5.74, 6) is 1.71. The maximum atomic E-state index is 5.58. The topological polar surface area (TPSA) is 34.4 Å². The zero-order valence-corrected chi connectivity index (χ0v) is 11.3. The fourth-order valence-corrected chi connectivity index (χ4v) is 2.10. The molecule has 0 aliphatic carbocycles. The van der Waals surface area contributed by atoms with E-state index in [1.165, 1.54) is 0 Å². The van der Waals surface area contributed by atoms with Crippen LogP contribution in [0.25, 0.3) is 0 Å². The highest BCUT2D eigenvalue weighted by Gasteiger charge is 2.16. The van der Waals surface area contributed by atoms with Crippen LogP contribution in [0.5, 0.6) is 5.75 Å².